The van der Waals surface area contributed by atoms with Gasteiger partial charge in [0.15, 0.2) is 5.60 Å². The van der Waals surface area contributed by atoms with Crippen LogP contribution in [-0.4, -0.2) is 53.5 Å². The van der Waals surface area contributed by atoms with Gasteiger partial charge >= 0.3 is 0 Å². The van der Waals surface area contributed by atoms with Gasteiger partial charge in [0.1, 0.15) is 0 Å². The van der Waals surface area contributed by atoms with Crippen molar-refractivity contribution in [2.24, 2.45) is 11.8 Å². The van der Waals surface area contributed by atoms with E-state index in [0.29, 0.717) is 32.0 Å². The number of carbonyl (C=O) groups excluding carboxylic acids is 2. The number of hydrogen-bond acceptors (Lipinski definition) is 4. The lowest BCUT2D eigenvalue weighted by Crippen LogP contribution is -2.62. The second-order valence-corrected chi connectivity index (χ2v) is 8.54. The molecule has 2 amide bonds. The van der Waals surface area contributed by atoms with E-state index in [9.17, 15) is 9.59 Å². The van der Waals surface area contributed by atoms with Crippen molar-refractivity contribution in [1.82, 2.24) is 15.2 Å². The number of morpholine rings is 1. The van der Waals surface area contributed by atoms with Crippen LogP contribution in [0, 0.1) is 11.8 Å². The van der Waals surface area contributed by atoms with Gasteiger partial charge in [0.25, 0.3) is 5.91 Å². The lowest BCUT2D eigenvalue weighted by Gasteiger charge is -2.42. The Morgan fingerprint density at radius 1 is 1.29 bits per heavy atom. The summed E-state index contributed by atoms with van der Waals surface area (Å²) >= 11 is 0. The molecular formula is C25H29N3O3. The number of hydrogen-bond donors (Lipinski definition) is 1. The molecule has 2 heterocycles. The van der Waals surface area contributed by atoms with Crippen molar-refractivity contribution >= 4 is 11.8 Å². The Kier molecular flexibility index (Phi) is 6.18. The van der Waals surface area contributed by atoms with Crippen LogP contribution in [0.25, 0.3) is 11.1 Å². The average molecular weight is 420 g/mol. The smallest absolute Gasteiger partial charge is 0.254 e. The van der Waals surface area contributed by atoms with Crippen LogP contribution in [0.5, 0.6) is 0 Å². The van der Waals surface area contributed by atoms with E-state index in [2.05, 4.69) is 23.8 Å². The predicted octanol–water partition coefficient (Wildman–Crippen LogP) is 2.85. The summed E-state index contributed by atoms with van der Waals surface area (Å²) in [6.07, 6.45) is 6.55. The largest absolute Gasteiger partial charge is 0.361 e. The number of nitrogens with zero attached hydrogens (tertiary/aromatic N) is 2. The maximum Gasteiger partial charge on any atom is 0.254 e. The van der Waals surface area contributed by atoms with Crippen molar-refractivity contribution in [2.75, 3.05) is 26.2 Å². The summed E-state index contributed by atoms with van der Waals surface area (Å²) in [4.78, 5) is 32.0. The third-order valence-corrected chi connectivity index (χ3v) is 6.18. The Morgan fingerprint density at radius 2 is 2.06 bits per heavy atom. The average Bonchev–Trinajstić information content (AvgIpc) is 3.54. The molecule has 6 heteroatoms. The highest BCUT2D eigenvalue weighted by Gasteiger charge is 2.48. The van der Waals surface area contributed by atoms with Crippen molar-refractivity contribution in [3.63, 3.8) is 0 Å². The van der Waals surface area contributed by atoms with E-state index < -0.39 is 5.60 Å². The van der Waals surface area contributed by atoms with Crippen LogP contribution in [0.2, 0.25) is 0 Å². The first-order valence-corrected chi connectivity index (χ1v) is 10.8. The molecule has 1 N–H and O–H groups in total. The van der Waals surface area contributed by atoms with Gasteiger partial charge in [-0.1, -0.05) is 43.3 Å². The summed E-state index contributed by atoms with van der Waals surface area (Å²) in [7, 11) is 0. The van der Waals surface area contributed by atoms with E-state index in [1.807, 2.05) is 47.5 Å². The van der Waals surface area contributed by atoms with Crippen LogP contribution in [0.1, 0.15) is 18.9 Å². The van der Waals surface area contributed by atoms with E-state index >= 15 is 0 Å². The molecule has 2 aliphatic rings. The molecule has 1 aliphatic carbocycles. The lowest BCUT2D eigenvalue weighted by atomic mass is 9.90. The van der Waals surface area contributed by atoms with Gasteiger partial charge in [-0.05, 0) is 35.1 Å². The highest BCUT2D eigenvalue weighted by Crippen LogP contribution is 2.40. The number of ether oxygens (including phenoxy) is 1. The number of amides is 2. The number of aromatic nitrogens is 1. The Labute approximate surface area is 183 Å². The molecular weight excluding hydrogens is 390 g/mol. The number of pyridine rings is 1. The predicted molar refractivity (Wildman–Crippen MR) is 119 cm³/mol. The normalized spacial score (nSPS) is 25.0. The Hall–Kier alpha value is -2.99. The molecule has 0 bridgehead atoms. The van der Waals surface area contributed by atoms with Crippen LogP contribution in [0.4, 0.5) is 0 Å². The summed E-state index contributed by atoms with van der Waals surface area (Å²) in [5, 5.41) is 2.89. The second-order valence-electron chi connectivity index (χ2n) is 8.54. The van der Waals surface area contributed by atoms with Gasteiger partial charge in [-0.25, -0.2) is 0 Å². The van der Waals surface area contributed by atoms with Crippen LogP contribution in [-0.2, 0) is 20.7 Å². The fraction of sp³-hybridized carbons (Fsp3) is 0.400. The molecule has 0 spiro atoms. The SMILES string of the molecule is C=CCNC(=O)[C@]1(Cc2ccc(-c3cccnc3)cc2)CN(C(=O)[C@@H]2C[C@@H]2C)CCO1. The van der Waals surface area contributed by atoms with E-state index in [4.69, 9.17) is 4.74 Å². The molecule has 1 saturated heterocycles. The molecule has 2 fully saturated rings. The maximum absolute atomic E-state index is 13.2. The van der Waals surface area contributed by atoms with Gasteiger partial charge in [-0.3, -0.25) is 14.6 Å². The zero-order valence-corrected chi connectivity index (χ0v) is 17.9. The molecule has 1 saturated carbocycles. The third-order valence-electron chi connectivity index (χ3n) is 6.18. The first-order chi connectivity index (χ1) is 15.0. The van der Waals surface area contributed by atoms with Crippen LogP contribution < -0.4 is 5.32 Å². The Morgan fingerprint density at radius 3 is 2.71 bits per heavy atom. The lowest BCUT2D eigenvalue weighted by molar-refractivity contribution is -0.166. The summed E-state index contributed by atoms with van der Waals surface area (Å²) in [5.74, 6) is 0.457. The molecule has 3 atom stereocenters. The van der Waals surface area contributed by atoms with Crippen LogP contribution >= 0.6 is 0 Å². The zero-order valence-electron chi connectivity index (χ0n) is 17.9. The van der Waals surface area contributed by atoms with Crippen molar-refractivity contribution in [2.45, 2.75) is 25.4 Å². The minimum Gasteiger partial charge on any atom is -0.361 e. The first-order valence-electron chi connectivity index (χ1n) is 10.8. The zero-order chi connectivity index (χ0) is 21.8. The molecule has 1 aromatic carbocycles. The molecule has 0 unspecified atom stereocenters. The summed E-state index contributed by atoms with van der Waals surface area (Å²) in [6, 6.07) is 12.0. The van der Waals surface area contributed by atoms with E-state index in [0.717, 1.165) is 23.1 Å². The van der Waals surface area contributed by atoms with Gasteiger partial charge in [0, 0.05) is 37.8 Å². The van der Waals surface area contributed by atoms with Crippen molar-refractivity contribution in [1.29, 1.82) is 0 Å². The molecule has 31 heavy (non-hydrogen) atoms. The van der Waals surface area contributed by atoms with Gasteiger partial charge < -0.3 is 15.0 Å². The van der Waals surface area contributed by atoms with Crippen LogP contribution in [0.3, 0.4) is 0 Å². The molecule has 0 radical (unpaired) electrons. The van der Waals surface area contributed by atoms with Gasteiger partial charge in [-0.2, -0.15) is 0 Å². The number of carbonyl (C=O) groups is 2. The summed E-state index contributed by atoms with van der Waals surface area (Å²) in [5.41, 5.74) is 1.98. The minimum atomic E-state index is -1.11. The standard InChI is InChI=1S/C25H29N3O3/c1-3-10-27-24(30)25(17-28(12-13-31-25)23(29)22-14-18(22)2)15-19-6-8-20(9-7-19)21-5-4-11-26-16-21/h3-9,11,16,18,22H,1,10,12-15,17H2,2H3,(H,27,30)/t18-,22+,25-/m0/s1. The molecule has 2 aromatic rings. The van der Waals surface area contributed by atoms with E-state index in [1.54, 1.807) is 12.3 Å². The molecule has 4 rings (SSSR count). The minimum absolute atomic E-state index is 0.0887. The van der Waals surface area contributed by atoms with E-state index in [1.165, 1.54) is 0 Å². The monoisotopic (exact) mass is 419 g/mol. The van der Waals surface area contributed by atoms with Crippen molar-refractivity contribution < 1.29 is 14.3 Å². The fourth-order valence-electron chi connectivity index (χ4n) is 4.20. The summed E-state index contributed by atoms with van der Waals surface area (Å²) in [6.45, 7) is 7.28. The Bertz CT molecular complexity index is 944. The molecule has 1 aromatic heterocycles. The van der Waals surface area contributed by atoms with Crippen LogP contribution in [0.15, 0.2) is 61.4 Å². The molecule has 162 valence electrons. The van der Waals surface area contributed by atoms with Gasteiger partial charge in [-0.15, -0.1) is 6.58 Å². The quantitative estimate of drug-likeness (QED) is 0.701. The highest BCUT2D eigenvalue weighted by molar-refractivity contribution is 5.88. The maximum atomic E-state index is 13.2. The van der Waals surface area contributed by atoms with Gasteiger partial charge in [0.2, 0.25) is 5.91 Å². The first kappa shape index (κ1) is 21.2. The molecule has 6 nitrogen and oxygen atoms in total. The fourth-order valence-corrected chi connectivity index (χ4v) is 4.20. The molecule has 1 aliphatic heterocycles. The summed E-state index contributed by atoms with van der Waals surface area (Å²) < 4.78 is 6.10. The second kappa shape index (κ2) is 9.02. The van der Waals surface area contributed by atoms with Crippen molar-refractivity contribution in [3.8, 4) is 11.1 Å². The highest BCUT2D eigenvalue weighted by atomic mass is 16.5. The topological polar surface area (TPSA) is 71.5 Å². The third kappa shape index (κ3) is 4.69. The number of benzene rings is 1. The number of nitrogens with one attached hydrogen (secondary N) is 1. The van der Waals surface area contributed by atoms with Gasteiger partial charge in [0.05, 0.1) is 13.2 Å². The van der Waals surface area contributed by atoms with E-state index in [-0.39, 0.29) is 24.3 Å². The van der Waals surface area contributed by atoms with Crippen molar-refractivity contribution in [3.05, 3.63) is 67.0 Å². The number of rotatable bonds is 7. The Balaban J connectivity index is 1.55.